The van der Waals surface area contributed by atoms with Crippen LogP contribution < -0.4 is 10.1 Å². The first-order valence-corrected chi connectivity index (χ1v) is 5.27. The second-order valence-electron chi connectivity index (χ2n) is 3.02. The number of fused-ring (bicyclic) bond motifs is 1. The van der Waals surface area contributed by atoms with Gasteiger partial charge in [-0.15, -0.1) is 0 Å². The number of nitrogens with one attached hydrogen (secondary N) is 1. The van der Waals surface area contributed by atoms with Crippen molar-refractivity contribution < 1.29 is 4.74 Å². The van der Waals surface area contributed by atoms with Gasteiger partial charge in [-0.25, -0.2) is 0 Å². The molecule has 0 saturated heterocycles. The fraction of sp³-hybridized carbons (Fsp3) is 0.500. The molecule has 0 amide bonds. The third-order valence-electron chi connectivity index (χ3n) is 2.32. The molecule has 14 heavy (non-hydrogen) atoms. The van der Waals surface area contributed by atoms with E-state index in [0.29, 0.717) is 0 Å². The summed E-state index contributed by atoms with van der Waals surface area (Å²) in [4.78, 5) is 0. The van der Waals surface area contributed by atoms with Crippen molar-refractivity contribution in [3.8, 4) is 5.75 Å². The van der Waals surface area contributed by atoms with Crippen molar-refractivity contribution in [3.63, 3.8) is 0 Å². The Morgan fingerprint density at radius 2 is 2.07 bits per heavy atom. The van der Waals surface area contributed by atoms with E-state index in [1.807, 2.05) is 26.0 Å². The van der Waals surface area contributed by atoms with Crippen LogP contribution >= 0.6 is 0 Å². The van der Waals surface area contributed by atoms with E-state index in [4.69, 9.17) is 4.74 Å². The maximum absolute atomic E-state index is 5.28. The summed E-state index contributed by atoms with van der Waals surface area (Å²) in [6.07, 6.45) is 1.08. The summed E-state index contributed by atoms with van der Waals surface area (Å²) in [7, 11) is 1.73. The van der Waals surface area contributed by atoms with Crippen LogP contribution in [0.15, 0.2) is 18.2 Å². The standard InChI is InChI=1S/C10H13NO.C2H6/c1-12-10-4-2-3-8-7-11-6-5-9(8)10;1-2/h2-4,11H,5-7H2,1H3;1-2H3. The Morgan fingerprint density at radius 1 is 1.29 bits per heavy atom. The van der Waals surface area contributed by atoms with E-state index in [0.717, 1.165) is 25.3 Å². The van der Waals surface area contributed by atoms with E-state index in [9.17, 15) is 0 Å². The molecule has 0 unspecified atom stereocenters. The molecule has 0 spiro atoms. The first kappa shape index (κ1) is 11.1. The number of rotatable bonds is 1. The van der Waals surface area contributed by atoms with Gasteiger partial charge in [-0.3, -0.25) is 0 Å². The smallest absolute Gasteiger partial charge is 0.122 e. The van der Waals surface area contributed by atoms with Gasteiger partial charge < -0.3 is 10.1 Å². The van der Waals surface area contributed by atoms with Crippen LogP contribution in [0, 0.1) is 0 Å². The number of hydrogen-bond donors (Lipinski definition) is 1. The van der Waals surface area contributed by atoms with Gasteiger partial charge in [0, 0.05) is 6.54 Å². The highest BCUT2D eigenvalue weighted by Crippen LogP contribution is 2.24. The van der Waals surface area contributed by atoms with Gasteiger partial charge in [-0.2, -0.15) is 0 Å². The Bertz CT molecular complexity index is 269. The zero-order valence-corrected chi connectivity index (χ0v) is 9.26. The van der Waals surface area contributed by atoms with E-state index < -0.39 is 0 Å². The van der Waals surface area contributed by atoms with Gasteiger partial charge >= 0.3 is 0 Å². The van der Waals surface area contributed by atoms with E-state index in [-0.39, 0.29) is 0 Å². The predicted octanol–water partition coefficient (Wildman–Crippen LogP) is 2.37. The Hall–Kier alpha value is -1.02. The Morgan fingerprint density at radius 3 is 2.79 bits per heavy atom. The second kappa shape index (κ2) is 5.66. The molecule has 1 N–H and O–H groups in total. The van der Waals surface area contributed by atoms with Gasteiger partial charge in [0.25, 0.3) is 0 Å². The summed E-state index contributed by atoms with van der Waals surface area (Å²) in [5.74, 6) is 1.04. The maximum Gasteiger partial charge on any atom is 0.122 e. The molecule has 0 bridgehead atoms. The maximum atomic E-state index is 5.28. The fourth-order valence-corrected chi connectivity index (χ4v) is 1.69. The minimum Gasteiger partial charge on any atom is -0.496 e. The van der Waals surface area contributed by atoms with E-state index in [1.165, 1.54) is 11.1 Å². The van der Waals surface area contributed by atoms with Gasteiger partial charge in [0.05, 0.1) is 7.11 Å². The third-order valence-corrected chi connectivity index (χ3v) is 2.32. The van der Waals surface area contributed by atoms with Gasteiger partial charge in [0.15, 0.2) is 0 Å². The van der Waals surface area contributed by atoms with Gasteiger partial charge in [0.1, 0.15) is 5.75 Å². The minimum absolute atomic E-state index is 0.979. The van der Waals surface area contributed by atoms with E-state index in [2.05, 4.69) is 11.4 Å². The fourth-order valence-electron chi connectivity index (χ4n) is 1.69. The van der Waals surface area contributed by atoms with Gasteiger partial charge in [-0.05, 0) is 30.2 Å². The molecule has 1 aromatic carbocycles. The van der Waals surface area contributed by atoms with Crippen LogP contribution in [0.3, 0.4) is 0 Å². The number of benzene rings is 1. The molecule has 0 aromatic heterocycles. The molecule has 1 aliphatic rings. The summed E-state index contributed by atoms with van der Waals surface area (Å²) in [5.41, 5.74) is 2.75. The normalized spacial score (nSPS) is 13.6. The lowest BCUT2D eigenvalue weighted by Gasteiger charge is -2.19. The van der Waals surface area contributed by atoms with Crippen molar-refractivity contribution >= 4 is 0 Å². The van der Waals surface area contributed by atoms with Crippen molar-refractivity contribution in [2.24, 2.45) is 0 Å². The summed E-state index contributed by atoms with van der Waals surface area (Å²) in [6, 6.07) is 6.23. The molecule has 0 saturated carbocycles. The number of ether oxygens (including phenoxy) is 1. The Kier molecular flexibility index (Phi) is 4.47. The molecule has 0 atom stereocenters. The Labute approximate surface area is 86.3 Å². The first-order valence-electron chi connectivity index (χ1n) is 5.27. The van der Waals surface area contributed by atoms with Crippen molar-refractivity contribution in [2.75, 3.05) is 13.7 Å². The highest BCUT2D eigenvalue weighted by Gasteiger charge is 2.11. The molecular formula is C12H19NO. The lowest BCUT2D eigenvalue weighted by molar-refractivity contribution is 0.406. The molecule has 1 aromatic rings. The van der Waals surface area contributed by atoms with Crippen LogP contribution in [0.25, 0.3) is 0 Å². The average molecular weight is 193 g/mol. The molecule has 2 heteroatoms. The molecule has 0 radical (unpaired) electrons. The van der Waals surface area contributed by atoms with Crippen LogP contribution in [-0.2, 0) is 13.0 Å². The highest BCUT2D eigenvalue weighted by molar-refractivity contribution is 5.41. The van der Waals surface area contributed by atoms with Crippen LogP contribution in [0.1, 0.15) is 25.0 Å². The van der Waals surface area contributed by atoms with E-state index >= 15 is 0 Å². The summed E-state index contributed by atoms with van der Waals surface area (Å²) >= 11 is 0. The molecule has 78 valence electrons. The van der Waals surface area contributed by atoms with Crippen LogP contribution in [0.4, 0.5) is 0 Å². The van der Waals surface area contributed by atoms with Crippen LogP contribution in [0.5, 0.6) is 5.75 Å². The molecule has 2 nitrogen and oxygen atoms in total. The largest absolute Gasteiger partial charge is 0.496 e. The Balaban J connectivity index is 0.000000461. The molecule has 2 rings (SSSR count). The van der Waals surface area contributed by atoms with Crippen molar-refractivity contribution in [1.29, 1.82) is 0 Å². The quantitative estimate of drug-likeness (QED) is 0.739. The predicted molar refractivity (Wildman–Crippen MR) is 59.8 cm³/mol. The zero-order valence-electron chi connectivity index (χ0n) is 9.26. The van der Waals surface area contributed by atoms with Crippen molar-refractivity contribution in [3.05, 3.63) is 29.3 Å². The van der Waals surface area contributed by atoms with Crippen molar-refractivity contribution in [1.82, 2.24) is 5.32 Å². The van der Waals surface area contributed by atoms with Crippen LogP contribution in [-0.4, -0.2) is 13.7 Å². The van der Waals surface area contributed by atoms with Crippen molar-refractivity contribution in [2.45, 2.75) is 26.8 Å². The summed E-state index contributed by atoms with van der Waals surface area (Å²) in [6.45, 7) is 6.04. The first-order chi connectivity index (χ1) is 6.92. The number of hydrogen-bond acceptors (Lipinski definition) is 2. The van der Waals surface area contributed by atoms with Crippen LogP contribution in [0.2, 0.25) is 0 Å². The molecule has 0 fully saturated rings. The zero-order chi connectivity index (χ0) is 10.4. The lowest BCUT2D eigenvalue weighted by atomic mass is 10.0. The topological polar surface area (TPSA) is 21.3 Å². The average Bonchev–Trinajstić information content (AvgIpc) is 2.31. The number of methoxy groups -OCH3 is 1. The second-order valence-corrected chi connectivity index (χ2v) is 3.02. The molecule has 1 aliphatic heterocycles. The lowest BCUT2D eigenvalue weighted by Crippen LogP contribution is -2.23. The minimum atomic E-state index is 0.979. The van der Waals surface area contributed by atoms with Gasteiger partial charge in [-0.1, -0.05) is 26.0 Å². The molecule has 1 heterocycles. The van der Waals surface area contributed by atoms with Gasteiger partial charge in [0.2, 0.25) is 0 Å². The third kappa shape index (κ3) is 2.26. The molecule has 0 aliphatic carbocycles. The van der Waals surface area contributed by atoms with E-state index in [1.54, 1.807) is 7.11 Å². The summed E-state index contributed by atoms with van der Waals surface area (Å²) in [5, 5.41) is 3.34. The highest BCUT2D eigenvalue weighted by atomic mass is 16.5. The SMILES string of the molecule is CC.COc1cccc2c1CCNC2. The summed E-state index contributed by atoms with van der Waals surface area (Å²) < 4.78 is 5.28. The monoisotopic (exact) mass is 193 g/mol. The molecular weight excluding hydrogens is 174 g/mol.